The maximum Gasteiger partial charge on any atom is 0.263 e. The molecule has 3 aromatic rings. The van der Waals surface area contributed by atoms with Gasteiger partial charge in [-0.2, -0.15) is 0 Å². The summed E-state index contributed by atoms with van der Waals surface area (Å²) in [5, 5.41) is 1.94. The lowest BCUT2D eigenvalue weighted by Gasteiger charge is -2.36. The summed E-state index contributed by atoms with van der Waals surface area (Å²) in [6.45, 7) is 2.23. The van der Waals surface area contributed by atoms with Crippen molar-refractivity contribution in [3.63, 3.8) is 0 Å². The molecule has 2 aromatic heterocycles. The van der Waals surface area contributed by atoms with Gasteiger partial charge in [0.05, 0.1) is 22.5 Å². The van der Waals surface area contributed by atoms with E-state index in [0.717, 1.165) is 47.7 Å². The van der Waals surface area contributed by atoms with Crippen LogP contribution in [0.1, 0.15) is 28.3 Å². The summed E-state index contributed by atoms with van der Waals surface area (Å²) < 4.78 is 13.3. The number of H-pyrrole nitrogens is 1. The Morgan fingerprint density at radius 3 is 2.92 bits per heavy atom. The monoisotopic (exact) mass is 372 g/mol. The molecule has 0 saturated carbocycles. The Morgan fingerprint density at radius 1 is 1.38 bits per heavy atom. The molecule has 1 aliphatic rings. The van der Waals surface area contributed by atoms with Crippen molar-refractivity contribution in [1.29, 1.82) is 0 Å². The van der Waals surface area contributed by atoms with Gasteiger partial charge in [-0.05, 0) is 49.5 Å². The number of imidazole rings is 1. The molecule has 0 spiro atoms. The summed E-state index contributed by atoms with van der Waals surface area (Å²) in [5.41, 5.74) is 1.51. The Hall–Kier alpha value is -2.25. The van der Waals surface area contributed by atoms with E-state index in [9.17, 15) is 9.18 Å². The minimum absolute atomic E-state index is 0.139. The van der Waals surface area contributed by atoms with E-state index >= 15 is 0 Å². The molecular weight excluding hydrogens is 351 g/mol. The van der Waals surface area contributed by atoms with E-state index in [2.05, 4.69) is 21.9 Å². The number of likely N-dealkylation sites (tertiary alicyclic amines) is 1. The van der Waals surface area contributed by atoms with Gasteiger partial charge in [0.1, 0.15) is 11.6 Å². The molecular formula is C19H21FN4OS. The number of halogens is 1. The van der Waals surface area contributed by atoms with Crippen molar-refractivity contribution in [2.24, 2.45) is 0 Å². The second-order valence-corrected chi connectivity index (χ2v) is 7.71. The lowest BCUT2D eigenvalue weighted by Crippen LogP contribution is -2.45. The van der Waals surface area contributed by atoms with Gasteiger partial charge >= 0.3 is 0 Å². The average molecular weight is 372 g/mol. The second-order valence-electron chi connectivity index (χ2n) is 6.76. The molecule has 1 N–H and O–H groups in total. The summed E-state index contributed by atoms with van der Waals surface area (Å²) in [6, 6.07) is 8.80. The van der Waals surface area contributed by atoms with E-state index in [4.69, 9.17) is 0 Å². The maximum atomic E-state index is 13.3. The Morgan fingerprint density at radius 2 is 2.19 bits per heavy atom. The number of nitrogens with zero attached hydrogens (tertiary/aromatic N) is 3. The zero-order valence-corrected chi connectivity index (χ0v) is 15.4. The van der Waals surface area contributed by atoms with E-state index < -0.39 is 0 Å². The number of fused-ring (bicyclic) bond motifs is 1. The summed E-state index contributed by atoms with van der Waals surface area (Å²) in [7, 11) is 2.08. The fourth-order valence-corrected chi connectivity index (χ4v) is 4.23. The molecule has 1 aromatic carbocycles. The third kappa shape index (κ3) is 3.50. The van der Waals surface area contributed by atoms with Gasteiger partial charge in [-0.15, -0.1) is 11.3 Å². The molecule has 136 valence electrons. The number of amides is 1. The van der Waals surface area contributed by atoms with Crippen LogP contribution >= 0.6 is 11.3 Å². The van der Waals surface area contributed by atoms with Gasteiger partial charge in [0.25, 0.3) is 5.91 Å². The fraction of sp³-hybridized carbons (Fsp3) is 0.368. The Labute approximate surface area is 155 Å². The maximum absolute atomic E-state index is 13.3. The molecule has 0 aliphatic carbocycles. The number of thiophene rings is 1. The summed E-state index contributed by atoms with van der Waals surface area (Å²) in [5.74, 6) is 0.717. The lowest BCUT2D eigenvalue weighted by atomic mass is 10.0. The number of nitrogens with one attached hydrogen (secondary N) is 1. The van der Waals surface area contributed by atoms with Crippen LogP contribution in [0, 0.1) is 5.82 Å². The summed E-state index contributed by atoms with van der Waals surface area (Å²) >= 11 is 1.50. The van der Waals surface area contributed by atoms with Crippen LogP contribution in [-0.2, 0) is 6.54 Å². The molecule has 0 unspecified atom stereocenters. The van der Waals surface area contributed by atoms with E-state index in [1.165, 1.54) is 23.5 Å². The molecule has 5 nitrogen and oxygen atoms in total. The number of aromatic amines is 1. The van der Waals surface area contributed by atoms with Gasteiger partial charge in [-0.1, -0.05) is 6.07 Å². The van der Waals surface area contributed by atoms with Gasteiger partial charge < -0.3 is 9.88 Å². The number of carbonyl (C=O) groups excluding carboxylic acids is 1. The lowest BCUT2D eigenvalue weighted by molar-refractivity contribution is 0.0642. The average Bonchev–Trinajstić information content (AvgIpc) is 3.30. The molecule has 0 atom stereocenters. The number of hydrogen-bond donors (Lipinski definition) is 1. The van der Waals surface area contributed by atoms with Gasteiger partial charge in [-0.25, -0.2) is 9.37 Å². The largest absolute Gasteiger partial charge is 0.341 e. The Bertz CT molecular complexity index is 900. The quantitative estimate of drug-likeness (QED) is 0.763. The molecule has 4 rings (SSSR count). The third-order valence-corrected chi connectivity index (χ3v) is 5.86. The molecule has 3 heterocycles. The zero-order chi connectivity index (χ0) is 18.1. The molecule has 7 heteroatoms. The SMILES string of the molecule is CN(Cc1nc2ccc(F)cc2[nH]1)C1CCN(C(=O)c2cccs2)CC1. The first kappa shape index (κ1) is 17.2. The molecule has 1 saturated heterocycles. The molecule has 0 radical (unpaired) electrons. The Kier molecular flexibility index (Phi) is 4.74. The minimum Gasteiger partial charge on any atom is -0.341 e. The number of piperidine rings is 1. The van der Waals surface area contributed by atoms with E-state index in [1.54, 1.807) is 6.07 Å². The van der Waals surface area contributed by atoms with E-state index in [0.29, 0.717) is 12.6 Å². The highest BCUT2D eigenvalue weighted by Gasteiger charge is 2.26. The number of hydrogen-bond acceptors (Lipinski definition) is 4. The van der Waals surface area contributed by atoms with Crippen LogP contribution in [-0.4, -0.2) is 51.9 Å². The predicted octanol–water partition coefficient (Wildman–Crippen LogP) is 3.50. The van der Waals surface area contributed by atoms with Crippen LogP contribution < -0.4 is 0 Å². The summed E-state index contributed by atoms with van der Waals surface area (Å²) in [6.07, 6.45) is 1.89. The molecule has 1 amide bonds. The molecule has 1 aliphatic heterocycles. The molecule has 0 bridgehead atoms. The fourth-order valence-electron chi connectivity index (χ4n) is 3.54. The highest BCUT2D eigenvalue weighted by Crippen LogP contribution is 2.21. The Balaban J connectivity index is 1.35. The van der Waals surface area contributed by atoms with E-state index in [-0.39, 0.29) is 11.7 Å². The van der Waals surface area contributed by atoms with Gasteiger partial charge in [0.15, 0.2) is 0 Å². The predicted molar refractivity (Wildman–Crippen MR) is 101 cm³/mol. The summed E-state index contributed by atoms with van der Waals surface area (Å²) in [4.78, 5) is 25.2. The van der Waals surface area contributed by atoms with Crippen molar-refractivity contribution in [3.05, 3.63) is 52.2 Å². The van der Waals surface area contributed by atoms with Gasteiger partial charge in [0.2, 0.25) is 0 Å². The topological polar surface area (TPSA) is 52.2 Å². The normalized spacial score (nSPS) is 15.9. The standard InChI is InChI=1S/C19H21FN4OS/c1-23(12-18-21-15-5-4-13(20)11-16(15)22-18)14-6-8-24(9-7-14)19(25)17-3-2-10-26-17/h2-5,10-11,14H,6-9,12H2,1H3,(H,21,22). The van der Waals surface area contributed by atoms with Crippen molar-refractivity contribution in [2.75, 3.05) is 20.1 Å². The highest BCUT2D eigenvalue weighted by molar-refractivity contribution is 7.12. The first-order chi connectivity index (χ1) is 12.6. The number of rotatable bonds is 4. The van der Waals surface area contributed by atoms with Gasteiger partial charge in [-0.3, -0.25) is 9.69 Å². The molecule has 1 fully saturated rings. The first-order valence-electron chi connectivity index (χ1n) is 8.77. The van der Waals surface area contributed by atoms with Crippen molar-refractivity contribution in [2.45, 2.75) is 25.4 Å². The zero-order valence-electron chi connectivity index (χ0n) is 14.6. The smallest absolute Gasteiger partial charge is 0.263 e. The van der Waals surface area contributed by atoms with Gasteiger partial charge in [0, 0.05) is 19.1 Å². The van der Waals surface area contributed by atoms with Crippen molar-refractivity contribution in [3.8, 4) is 0 Å². The number of benzene rings is 1. The number of aromatic nitrogens is 2. The van der Waals surface area contributed by atoms with Crippen LogP contribution in [0.4, 0.5) is 4.39 Å². The minimum atomic E-state index is -0.260. The number of carbonyl (C=O) groups is 1. The van der Waals surface area contributed by atoms with Crippen LogP contribution in [0.2, 0.25) is 0 Å². The van der Waals surface area contributed by atoms with Crippen LogP contribution in [0.25, 0.3) is 11.0 Å². The van der Waals surface area contributed by atoms with Crippen LogP contribution in [0.3, 0.4) is 0 Å². The van der Waals surface area contributed by atoms with Crippen molar-refractivity contribution < 1.29 is 9.18 Å². The first-order valence-corrected chi connectivity index (χ1v) is 9.65. The van der Waals surface area contributed by atoms with Crippen LogP contribution in [0.15, 0.2) is 35.7 Å². The highest BCUT2D eigenvalue weighted by atomic mass is 32.1. The molecule has 26 heavy (non-hydrogen) atoms. The second kappa shape index (κ2) is 7.17. The van der Waals surface area contributed by atoms with Crippen molar-refractivity contribution >= 4 is 28.3 Å². The van der Waals surface area contributed by atoms with Crippen molar-refractivity contribution in [1.82, 2.24) is 19.8 Å². The van der Waals surface area contributed by atoms with E-state index in [1.807, 2.05) is 22.4 Å². The van der Waals surface area contributed by atoms with Crippen LogP contribution in [0.5, 0.6) is 0 Å². The third-order valence-electron chi connectivity index (χ3n) is 5.00.